The lowest BCUT2D eigenvalue weighted by Crippen LogP contribution is -2.31. The summed E-state index contributed by atoms with van der Waals surface area (Å²) in [6.07, 6.45) is -1.71. The number of aliphatic hydroxyl groups excluding tert-OH is 1. The van der Waals surface area contributed by atoms with E-state index in [-0.39, 0.29) is 29.0 Å². The number of nitrogens with two attached hydrogens (primary N) is 1. The van der Waals surface area contributed by atoms with Crippen LogP contribution < -0.4 is 10.5 Å². The fraction of sp³-hybridized carbons (Fsp3) is 0.333. The number of fused-ring (bicyclic) bond motifs is 1. The molecule has 0 aliphatic heterocycles. The van der Waals surface area contributed by atoms with Crippen LogP contribution in [0.2, 0.25) is 0 Å². The average molecular weight is 366 g/mol. The molecular formula is C15H13F3N6O2. The van der Waals surface area contributed by atoms with Crippen LogP contribution in [0.5, 0.6) is 11.8 Å². The minimum Gasteiger partial charge on any atom is -0.418 e. The molecule has 0 radical (unpaired) electrons. The molecule has 0 bridgehead atoms. The lowest BCUT2D eigenvalue weighted by Gasteiger charge is -2.31. The van der Waals surface area contributed by atoms with E-state index in [0.717, 1.165) is 18.3 Å². The first-order chi connectivity index (χ1) is 12.3. The Hall–Kier alpha value is -2.95. The van der Waals surface area contributed by atoms with Crippen molar-refractivity contribution in [1.29, 1.82) is 0 Å². The number of anilines is 1. The molecule has 3 aromatic rings. The average Bonchev–Trinajstić information content (AvgIpc) is 2.91. The number of nitrogens with zero attached hydrogens (tertiary/aromatic N) is 5. The molecule has 136 valence electrons. The van der Waals surface area contributed by atoms with Gasteiger partial charge in [0.1, 0.15) is 17.5 Å². The number of halogens is 3. The van der Waals surface area contributed by atoms with Crippen molar-refractivity contribution in [3.05, 3.63) is 30.2 Å². The SMILES string of the molecule is Nc1ncnc2c1c(Oc1cc(C(F)(F)F)ccn1)nn2[C@H]1C[C@H](O)C1. The molecule has 0 atom stereocenters. The Kier molecular flexibility index (Phi) is 3.68. The topological polar surface area (TPSA) is 112 Å². The fourth-order valence-electron chi connectivity index (χ4n) is 2.79. The van der Waals surface area contributed by atoms with Crippen molar-refractivity contribution in [3.63, 3.8) is 0 Å². The Labute approximate surface area is 144 Å². The van der Waals surface area contributed by atoms with Crippen LogP contribution >= 0.6 is 0 Å². The van der Waals surface area contributed by atoms with Gasteiger partial charge < -0.3 is 15.6 Å². The summed E-state index contributed by atoms with van der Waals surface area (Å²) < 4.78 is 45.6. The molecule has 8 nitrogen and oxygen atoms in total. The highest BCUT2D eigenvalue weighted by molar-refractivity contribution is 5.90. The van der Waals surface area contributed by atoms with Crippen LogP contribution in [0.4, 0.5) is 19.0 Å². The summed E-state index contributed by atoms with van der Waals surface area (Å²) in [5.41, 5.74) is 5.37. The molecule has 3 heterocycles. The van der Waals surface area contributed by atoms with Gasteiger partial charge >= 0.3 is 6.18 Å². The van der Waals surface area contributed by atoms with Gasteiger partial charge in [-0.05, 0) is 18.9 Å². The largest absolute Gasteiger partial charge is 0.418 e. The number of hydrogen-bond acceptors (Lipinski definition) is 7. The molecular weight excluding hydrogens is 353 g/mol. The summed E-state index contributed by atoms with van der Waals surface area (Å²) in [5.74, 6) is -0.224. The number of ether oxygens (including phenoxy) is 1. The Morgan fingerprint density at radius 3 is 2.69 bits per heavy atom. The van der Waals surface area contributed by atoms with Crippen LogP contribution in [0.1, 0.15) is 24.4 Å². The molecule has 4 rings (SSSR count). The maximum Gasteiger partial charge on any atom is 0.416 e. The van der Waals surface area contributed by atoms with E-state index in [1.807, 2.05) is 0 Å². The first-order valence-corrected chi connectivity index (χ1v) is 7.71. The van der Waals surface area contributed by atoms with Crippen molar-refractivity contribution in [1.82, 2.24) is 24.7 Å². The summed E-state index contributed by atoms with van der Waals surface area (Å²) in [6, 6.07) is 1.52. The van der Waals surface area contributed by atoms with E-state index in [2.05, 4.69) is 20.1 Å². The monoisotopic (exact) mass is 366 g/mol. The molecule has 0 spiro atoms. The quantitative estimate of drug-likeness (QED) is 0.731. The van der Waals surface area contributed by atoms with Gasteiger partial charge in [-0.3, -0.25) is 0 Å². The van der Waals surface area contributed by atoms with Gasteiger partial charge in [-0.2, -0.15) is 13.2 Å². The zero-order chi connectivity index (χ0) is 18.5. The van der Waals surface area contributed by atoms with E-state index < -0.39 is 17.8 Å². The van der Waals surface area contributed by atoms with E-state index in [1.54, 1.807) is 4.68 Å². The van der Waals surface area contributed by atoms with Gasteiger partial charge in [0.15, 0.2) is 5.65 Å². The second kappa shape index (κ2) is 5.80. The lowest BCUT2D eigenvalue weighted by molar-refractivity contribution is -0.137. The summed E-state index contributed by atoms with van der Waals surface area (Å²) in [7, 11) is 0. The van der Waals surface area contributed by atoms with Gasteiger partial charge in [-0.25, -0.2) is 19.6 Å². The standard InChI is InChI=1S/C15H13F3N6O2/c16-15(17,18)7-1-2-20-10(3-7)26-14-11-12(19)21-6-22-13(11)24(23-14)8-4-9(25)5-8/h1-3,6,8-9,25H,4-5H2,(H2,19,21,22)/t8-,9-. The summed E-state index contributed by atoms with van der Waals surface area (Å²) in [5, 5.41) is 14.1. The van der Waals surface area contributed by atoms with Crippen LogP contribution in [0.3, 0.4) is 0 Å². The zero-order valence-electron chi connectivity index (χ0n) is 13.2. The number of aliphatic hydroxyl groups is 1. The molecule has 3 N–H and O–H groups in total. The summed E-state index contributed by atoms with van der Waals surface area (Å²) >= 11 is 0. The number of rotatable bonds is 3. The molecule has 0 aromatic carbocycles. The van der Waals surface area contributed by atoms with Crippen LogP contribution in [0, 0.1) is 0 Å². The number of aromatic nitrogens is 5. The third kappa shape index (κ3) is 2.79. The van der Waals surface area contributed by atoms with Crippen molar-refractivity contribution >= 4 is 16.9 Å². The van der Waals surface area contributed by atoms with Crippen molar-refractivity contribution in [2.75, 3.05) is 5.73 Å². The van der Waals surface area contributed by atoms with Crippen LogP contribution in [0.15, 0.2) is 24.7 Å². The highest BCUT2D eigenvalue weighted by Crippen LogP contribution is 2.39. The molecule has 0 unspecified atom stereocenters. The molecule has 1 saturated carbocycles. The van der Waals surface area contributed by atoms with Crippen molar-refractivity contribution < 1.29 is 23.0 Å². The third-order valence-electron chi connectivity index (χ3n) is 4.18. The van der Waals surface area contributed by atoms with E-state index in [0.29, 0.717) is 18.5 Å². The van der Waals surface area contributed by atoms with E-state index >= 15 is 0 Å². The molecule has 1 aliphatic carbocycles. The van der Waals surface area contributed by atoms with Crippen LogP contribution in [-0.2, 0) is 6.18 Å². The number of pyridine rings is 1. The smallest absolute Gasteiger partial charge is 0.416 e. The Morgan fingerprint density at radius 1 is 1.23 bits per heavy atom. The third-order valence-corrected chi connectivity index (χ3v) is 4.18. The molecule has 0 saturated heterocycles. The van der Waals surface area contributed by atoms with Crippen molar-refractivity contribution in [2.24, 2.45) is 0 Å². The summed E-state index contributed by atoms with van der Waals surface area (Å²) in [4.78, 5) is 11.8. The minimum absolute atomic E-state index is 0.0358. The van der Waals surface area contributed by atoms with Crippen molar-refractivity contribution in [3.8, 4) is 11.8 Å². The highest BCUT2D eigenvalue weighted by Gasteiger charge is 2.33. The van der Waals surface area contributed by atoms with E-state index in [1.165, 1.54) is 6.33 Å². The molecule has 26 heavy (non-hydrogen) atoms. The minimum atomic E-state index is -4.52. The maximum absolute atomic E-state index is 12.9. The number of nitrogen functional groups attached to an aromatic ring is 1. The second-order valence-corrected chi connectivity index (χ2v) is 5.97. The van der Waals surface area contributed by atoms with Gasteiger partial charge in [0.05, 0.1) is 17.7 Å². The normalized spacial score (nSPS) is 20.2. The fourth-order valence-corrected chi connectivity index (χ4v) is 2.79. The number of hydrogen-bond donors (Lipinski definition) is 2. The van der Waals surface area contributed by atoms with Crippen molar-refractivity contribution in [2.45, 2.75) is 31.2 Å². The maximum atomic E-state index is 12.9. The number of alkyl halides is 3. The molecule has 1 aliphatic rings. The Balaban J connectivity index is 1.75. The molecule has 11 heteroatoms. The lowest BCUT2D eigenvalue weighted by atomic mass is 9.90. The first-order valence-electron chi connectivity index (χ1n) is 7.71. The first kappa shape index (κ1) is 16.5. The van der Waals surface area contributed by atoms with Crippen LogP contribution in [-0.4, -0.2) is 35.9 Å². The molecule has 3 aromatic heterocycles. The van der Waals surface area contributed by atoms with E-state index in [9.17, 15) is 18.3 Å². The Morgan fingerprint density at radius 2 is 2.00 bits per heavy atom. The van der Waals surface area contributed by atoms with Gasteiger partial charge in [0.25, 0.3) is 5.88 Å². The van der Waals surface area contributed by atoms with Gasteiger partial charge in [0.2, 0.25) is 5.88 Å². The zero-order valence-corrected chi connectivity index (χ0v) is 13.2. The van der Waals surface area contributed by atoms with Gasteiger partial charge in [0, 0.05) is 12.3 Å². The second-order valence-electron chi connectivity index (χ2n) is 5.97. The van der Waals surface area contributed by atoms with Crippen LogP contribution in [0.25, 0.3) is 11.0 Å². The predicted octanol–water partition coefficient (Wildman–Crippen LogP) is 2.31. The van der Waals surface area contributed by atoms with E-state index in [4.69, 9.17) is 10.5 Å². The van der Waals surface area contributed by atoms with Gasteiger partial charge in [-0.1, -0.05) is 0 Å². The summed E-state index contributed by atoms with van der Waals surface area (Å²) in [6.45, 7) is 0. The predicted molar refractivity (Wildman–Crippen MR) is 83.3 cm³/mol. The molecule has 0 amide bonds. The Bertz CT molecular complexity index is 968. The molecule has 1 fully saturated rings. The van der Waals surface area contributed by atoms with Gasteiger partial charge in [-0.15, -0.1) is 5.10 Å². The highest BCUT2D eigenvalue weighted by atomic mass is 19.4.